The van der Waals surface area contributed by atoms with E-state index in [1.54, 1.807) is 0 Å². The van der Waals surface area contributed by atoms with Crippen molar-refractivity contribution in [3.63, 3.8) is 0 Å². The van der Waals surface area contributed by atoms with Gasteiger partial charge in [-0.2, -0.15) is 0 Å². The lowest BCUT2D eigenvalue weighted by molar-refractivity contribution is -0.144. The molecule has 1 heterocycles. The van der Waals surface area contributed by atoms with Crippen molar-refractivity contribution in [2.24, 2.45) is 46.3 Å². The van der Waals surface area contributed by atoms with Gasteiger partial charge in [0.05, 0.1) is 0 Å². The minimum absolute atomic E-state index is 0.221. The number of nitrogens with one attached hydrogen (secondary N) is 1. The molecule has 2 heteroatoms. The molecular weight excluding hydrogens is 342 g/mol. The Morgan fingerprint density at radius 3 is 2.61 bits per heavy atom. The number of amides is 1. The maximum absolute atomic E-state index is 13.3. The normalized spacial score (nSPS) is 43.6. The van der Waals surface area contributed by atoms with Crippen molar-refractivity contribution in [1.82, 2.24) is 5.32 Å². The Morgan fingerprint density at radius 1 is 1.07 bits per heavy atom. The highest BCUT2D eigenvalue weighted by Crippen LogP contribution is 2.65. The molecule has 0 radical (unpaired) electrons. The van der Waals surface area contributed by atoms with Gasteiger partial charge in [0.2, 0.25) is 5.91 Å². The molecule has 0 aromatic heterocycles. The third kappa shape index (κ3) is 3.18. The highest BCUT2D eigenvalue weighted by molar-refractivity contribution is 5.83. The van der Waals surface area contributed by atoms with Crippen LogP contribution in [0.3, 0.4) is 0 Å². The number of carbonyl (C=O) groups excluding carboxylic acids is 1. The van der Waals surface area contributed by atoms with Gasteiger partial charge in [0.1, 0.15) is 0 Å². The van der Waals surface area contributed by atoms with E-state index in [2.05, 4.69) is 46.0 Å². The van der Waals surface area contributed by atoms with Crippen molar-refractivity contribution in [2.75, 3.05) is 0 Å². The summed E-state index contributed by atoms with van der Waals surface area (Å²) in [5.41, 5.74) is 1.87. The lowest BCUT2D eigenvalue weighted by Crippen LogP contribution is -2.59. The first kappa shape index (κ1) is 20.5. The van der Waals surface area contributed by atoms with Crippen LogP contribution in [0.15, 0.2) is 11.8 Å². The predicted octanol–water partition coefficient (Wildman–Crippen LogP) is 6.71. The standard InChI is InChI=1S/C26H43NO/c1-17(2)9-8-10-18(3)19-12-13-20-23-21(14-16-25(19,20)4)26(5)15-7-6-11-22(26)27-24(23)28/h11,17-21,23H,6-10,12-16H2,1-5H3,(H,27,28)/t18-,19-,20+,21+,23+,25-,26-/m1/s1. The SMILES string of the molecule is CC(C)CCC[C@@H](C)[C@H]1CC[C@H]2[C@@H]3C(=O)NC4=CCCC[C@]4(C)[C@H]3CC[C@]12C. The molecule has 1 aliphatic heterocycles. The van der Waals surface area contributed by atoms with Crippen LogP contribution < -0.4 is 5.32 Å². The van der Waals surface area contributed by atoms with Gasteiger partial charge >= 0.3 is 0 Å². The maximum atomic E-state index is 13.3. The molecule has 7 atom stereocenters. The molecule has 4 aliphatic rings. The van der Waals surface area contributed by atoms with E-state index in [-0.39, 0.29) is 11.3 Å². The van der Waals surface area contributed by atoms with Crippen LogP contribution in [0.4, 0.5) is 0 Å². The smallest absolute Gasteiger partial charge is 0.227 e. The summed E-state index contributed by atoms with van der Waals surface area (Å²) in [4.78, 5) is 13.3. The van der Waals surface area contributed by atoms with Crippen molar-refractivity contribution in [2.45, 2.75) is 98.8 Å². The fourth-order valence-electron chi connectivity index (χ4n) is 8.12. The largest absolute Gasteiger partial charge is 0.329 e. The van der Waals surface area contributed by atoms with Gasteiger partial charge in [-0.3, -0.25) is 4.79 Å². The van der Waals surface area contributed by atoms with Gasteiger partial charge in [-0.05, 0) is 80.0 Å². The number of fused-ring (bicyclic) bond motifs is 5. The van der Waals surface area contributed by atoms with Crippen LogP contribution in [0.1, 0.15) is 98.8 Å². The fourth-order valence-corrected chi connectivity index (χ4v) is 8.12. The van der Waals surface area contributed by atoms with Gasteiger partial charge in [0.25, 0.3) is 0 Å². The molecular formula is C26H43NO. The van der Waals surface area contributed by atoms with E-state index in [9.17, 15) is 4.79 Å². The zero-order valence-corrected chi connectivity index (χ0v) is 19.0. The topological polar surface area (TPSA) is 29.1 Å². The molecule has 0 bridgehead atoms. The number of hydrogen-bond donors (Lipinski definition) is 1. The second kappa shape index (κ2) is 7.47. The Hall–Kier alpha value is -0.790. The quantitative estimate of drug-likeness (QED) is 0.560. The van der Waals surface area contributed by atoms with Crippen molar-refractivity contribution in [3.8, 4) is 0 Å². The van der Waals surface area contributed by atoms with Crippen LogP contribution in [-0.2, 0) is 4.79 Å². The Morgan fingerprint density at radius 2 is 1.86 bits per heavy atom. The summed E-state index contributed by atoms with van der Waals surface area (Å²) >= 11 is 0. The first-order valence-corrected chi connectivity index (χ1v) is 12.3. The van der Waals surface area contributed by atoms with Crippen LogP contribution in [-0.4, -0.2) is 5.91 Å². The number of piperidine rings is 1. The molecule has 1 N–H and O–H groups in total. The first-order valence-electron chi connectivity index (χ1n) is 12.3. The average Bonchev–Trinajstić information content (AvgIpc) is 2.99. The van der Waals surface area contributed by atoms with E-state index in [0.717, 1.165) is 24.2 Å². The zero-order valence-electron chi connectivity index (χ0n) is 19.0. The Bertz CT molecular complexity index is 636. The summed E-state index contributed by atoms with van der Waals surface area (Å²) in [6, 6.07) is 0. The number of rotatable bonds is 5. The molecule has 158 valence electrons. The maximum Gasteiger partial charge on any atom is 0.227 e. The summed E-state index contributed by atoms with van der Waals surface area (Å²) in [5, 5.41) is 3.40. The molecule has 3 aliphatic carbocycles. The Balaban J connectivity index is 1.53. The van der Waals surface area contributed by atoms with Crippen LogP contribution in [0.2, 0.25) is 0 Å². The summed E-state index contributed by atoms with van der Waals surface area (Å²) in [6.45, 7) is 12.2. The second-order valence-corrected chi connectivity index (χ2v) is 11.7. The van der Waals surface area contributed by atoms with Gasteiger partial charge in [-0.25, -0.2) is 0 Å². The van der Waals surface area contributed by atoms with Gasteiger partial charge < -0.3 is 5.32 Å². The zero-order chi connectivity index (χ0) is 20.1. The lowest BCUT2D eigenvalue weighted by Gasteiger charge is -2.57. The van der Waals surface area contributed by atoms with E-state index < -0.39 is 0 Å². The highest BCUT2D eigenvalue weighted by Gasteiger charge is 2.61. The van der Waals surface area contributed by atoms with Crippen molar-refractivity contribution < 1.29 is 4.79 Å². The number of allylic oxidation sites excluding steroid dienone is 2. The molecule has 1 amide bonds. The summed E-state index contributed by atoms with van der Waals surface area (Å²) in [6.07, 6.45) is 15.3. The van der Waals surface area contributed by atoms with Gasteiger partial charge in [0, 0.05) is 17.0 Å². The summed E-state index contributed by atoms with van der Waals surface area (Å²) in [7, 11) is 0. The third-order valence-electron chi connectivity index (χ3n) is 9.71. The van der Waals surface area contributed by atoms with Gasteiger partial charge in [-0.15, -0.1) is 0 Å². The van der Waals surface area contributed by atoms with Crippen molar-refractivity contribution in [3.05, 3.63) is 11.8 Å². The molecule has 0 aromatic carbocycles. The average molecular weight is 386 g/mol. The van der Waals surface area contributed by atoms with Crippen LogP contribution in [0.25, 0.3) is 0 Å². The minimum atomic E-state index is 0.221. The van der Waals surface area contributed by atoms with E-state index >= 15 is 0 Å². The highest BCUT2D eigenvalue weighted by atomic mass is 16.2. The van der Waals surface area contributed by atoms with E-state index in [4.69, 9.17) is 0 Å². The van der Waals surface area contributed by atoms with Crippen molar-refractivity contribution >= 4 is 5.91 Å². The molecule has 4 rings (SSSR count). The fraction of sp³-hybridized carbons (Fsp3) is 0.885. The van der Waals surface area contributed by atoms with E-state index in [1.165, 1.54) is 63.5 Å². The molecule has 2 saturated carbocycles. The van der Waals surface area contributed by atoms with Gasteiger partial charge in [0.15, 0.2) is 0 Å². The predicted molar refractivity (Wildman–Crippen MR) is 117 cm³/mol. The second-order valence-electron chi connectivity index (χ2n) is 11.7. The molecule has 2 nitrogen and oxygen atoms in total. The van der Waals surface area contributed by atoms with Crippen LogP contribution in [0, 0.1) is 46.3 Å². The molecule has 3 fully saturated rings. The number of carbonyl (C=O) groups is 1. The Labute approximate surface area is 173 Å². The third-order valence-corrected chi connectivity index (χ3v) is 9.71. The monoisotopic (exact) mass is 385 g/mol. The molecule has 0 unspecified atom stereocenters. The molecule has 0 spiro atoms. The molecule has 0 aromatic rings. The van der Waals surface area contributed by atoms with E-state index in [0.29, 0.717) is 23.2 Å². The lowest BCUT2D eigenvalue weighted by atomic mass is 9.49. The van der Waals surface area contributed by atoms with E-state index in [1.807, 2.05) is 0 Å². The summed E-state index contributed by atoms with van der Waals surface area (Å²) in [5.74, 6) is 4.22. The number of hydrogen-bond acceptors (Lipinski definition) is 1. The van der Waals surface area contributed by atoms with Crippen LogP contribution in [0.5, 0.6) is 0 Å². The van der Waals surface area contributed by atoms with Gasteiger partial charge in [-0.1, -0.05) is 60.0 Å². The molecule has 28 heavy (non-hydrogen) atoms. The van der Waals surface area contributed by atoms with Crippen molar-refractivity contribution in [1.29, 1.82) is 0 Å². The minimum Gasteiger partial charge on any atom is -0.329 e. The summed E-state index contributed by atoms with van der Waals surface area (Å²) < 4.78 is 0. The Kier molecular flexibility index (Phi) is 5.47. The first-order chi connectivity index (χ1) is 13.3. The molecule has 1 saturated heterocycles. The van der Waals surface area contributed by atoms with Crippen LogP contribution >= 0.6 is 0 Å².